The van der Waals surface area contributed by atoms with Crippen LogP contribution < -0.4 is 10.5 Å². The van der Waals surface area contributed by atoms with Gasteiger partial charge < -0.3 is 9.32 Å². The van der Waals surface area contributed by atoms with Gasteiger partial charge in [0.15, 0.2) is 0 Å². The van der Waals surface area contributed by atoms with Gasteiger partial charge in [0.2, 0.25) is 0 Å². The molecule has 0 aliphatic carbocycles. The summed E-state index contributed by atoms with van der Waals surface area (Å²) in [7, 11) is 0. The van der Waals surface area contributed by atoms with Crippen molar-refractivity contribution in [3.8, 4) is 0 Å². The molecular weight excluding hydrogens is 307 g/mol. The SMILES string of the molecule is CCCN(CC(C)C)c1c(C(F)(F)F)c2ccccc2oc1=O. The Hall–Kier alpha value is -1.98. The fourth-order valence-corrected chi connectivity index (χ4v) is 2.72. The number of anilines is 1. The molecule has 1 aromatic heterocycles. The van der Waals surface area contributed by atoms with Gasteiger partial charge >= 0.3 is 11.8 Å². The molecule has 0 bridgehead atoms. The molecule has 1 aromatic carbocycles. The lowest BCUT2D eigenvalue weighted by atomic mass is 10.1. The maximum atomic E-state index is 13.7. The average molecular weight is 327 g/mol. The summed E-state index contributed by atoms with van der Waals surface area (Å²) in [6.07, 6.45) is -4.00. The number of halogens is 3. The van der Waals surface area contributed by atoms with Crippen molar-refractivity contribution in [2.75, 3.05) is 18.0 Å². The Morgan fingerprint density at radius 3 is 2.43 bits per heavy atom. The summed E-state index contributed by atoms with van der Waals surface area (Å²) in [4.78, 5) is 13.8. The minimum atomic E-state index is -4.63. The van der Waals surface area contributed by atoms with E-state index in [1.54, 1.807) is 6.07 Å². The second kappa shape index (κ2) is 6.64. The minimum absolute atomic E-state index is 0.0467. The molecule has 0 saturated heterocycles. The summed E-state index contributed by atoms with van der Waals surface area (Å²) in [6.45, 7) is 6.39. The maximum Gasteiger partial charge on any atom is 0.419 e. The van der Waals surface area contributed by atoms with E-state index in [9.17, 15) is 18.0 Å². The molecule has 0 N–H and O–H groups in total. The first-order valence-electron chi connectivity index (χ1n) is 7.63. The smallest absolute Gasteiger partial charge is 0.419 e. The van der Waals surface area contributed by atoms with Gasteiger partial charge in [0, 0.05) is 18.5 Å². The van der Waals surface area contributed by atoms with Crippen molar-refractivity contribution in [2.24, 2.45) is 5.92 Å². The molecule has 0 unspecified atom stereocenters. The van der Waals surface area contributed by atoms with E-state index in [4.69, 9.17) is 4.42 Å². The monoisotopic (exact) mass is 327 g/mol. The zero-order valence-electron chi connectivity index (χ0n) is 13.4. The number of rotatable bonds is 5. The normalized spacial score (nSPS) is 12.1. The fraction of sp³-hybridized carbons (Fsp3) is 0.471. The summed E-state index contributed by atoms with van der Waals surface area (Å²) in [5.41, 5.74) is -2.27. The lowest BCUT2D eigenvalue weighted by Gasteiger charge is -2.28. The van der Waals surface area contributed by atoms with Gasteiger partial charge in [0.05, 0.1) is 5.56 Å². The van der Waals surface area contributed by atoms with Gasteiger partial charge in [-0.25, -0.2) is 4.79 Å². The molecule has 0 saturated carbocycles. The zero-order valence-corrected chi connectivity index (χ0v) is 13.4. The van der Waals surface area contributed by atoms with Crippen molar-refractivity contribution < 1.29 is 17.6 Å². The lowest BCUT2D eigenvalue weighted by molar-refractivity contribution is -0.136. The van der Waals surface area contributed by atoms with E-state index in [0.717, 1.165) is 0 Å². The second-order valence-electron chi connectivity index (χ2n) is 5.95. The standard InChI is InChI=1S/C17H20F3NO2/c1-4-9-21(10-11(2)3)15-14(17(18,19)20)12-7-5-6-8-13(12)23-16(15)22/h5-8,11H,4,9-10H2,1-3H3. The Bertz CT molecular complexity index is 735. The maximum absolute atomic E-state index is 13.7. The molecule has 0 fully saturated rings. The van der Waals surface area contributed by atoms with E-state index in [2.05, 4.69) is 0 Å². The Labute approximate surface area is 132 Å². The van der Waals surface area contributed by atoms with Crippen LogP contribution in [0.15, 0.2) is 33.5 Å². The highest BCUT2D eigenvalue weighted by Gasteiger charge is 2.39. The summed E-state index contributed by atoms with van der Waals surface area (Å²) < 4.78 is 46.2. The van der Waals surface area contributed by atoms with E-state index < -0.39 is 17.4 Å². The number of alkyl halides is 3. The third-order valence-corrected chi connectivity index (χ3v) is 3.47. The predicted molar refractivity (Wildman–Crippen MR) is 84.8 cm³/mol. The molecule has 0 amide bonds. The van der Waals surface area contributed by atoms with Gasteiger partial charge in [-0.2, -0.15) is 13.2 Å². The number of nitrogens with zero attached hydrogens (tertiary/aromatic N) is 1. The van der Waals surface area contributed by atoms with E-state index in [-0.39, 0.29) is 22.6 Å². The highest BCUT2D eigenvalue weighted by molar-refractivity contribution is 5.85. The van der Waals surface area contributed by atoms with E-state index >= 15 is 0 Å². The molecule has 1 heterocycles. The summed E-state index contributed by atoms with van der Waals surface area (Å²) in [5, 5.41) is -0.0838. The average Bonchev–Trinajstić information content (AvgIpc) is 2.43. The van der Waals surface area contributed by atoms with Crippen molar-refractivity contribution >= 4 is 16.7 Å². The largest absolute Gasteiger partial charge is 0.421 e. The molecule has 126 valence electrons. The number of benzene rings is 1. The van der Waals surface area contributed by atoms with Gasteiger partial charge in [-0.1, -0.05) is 39.0 Å². The lowest BCUT2D eigenvalue weighted by Crippen LogP contribution is -2.34. The van der Waals surface area contributed by atoms with Crippen molar-refractivity contribution in [1.82, 2.24) is 0 Å². The molecule has 23 heavy (non-hydrogen) atoms. The Morgan fingerprint density at radius 2 is 1.87 bits per heavy atom. The van der Waals surface area contributed by atoms with Crippen LogP contribution >= 0.6 is 0 Å². The number of para-hydroxylation sites is 1. The van der Waals surface area contributed by atoms with Gasteiger partial charge in [-0.05, 0) is 18.4 Å². The van der Waals surface area contributed by atoms with Crippen LogP contribution in [0.25, 0.3) is 11.0 Å². The topological polar surface area (TPSA) is 33.5 Å². The molecule has 2 rings (SSSR count). The van der Waals surface area contributed by atoms with E-state index in [0.29, 0.717) is 19.5 Å². The Kier molecular flexibility index (Phi) is 5.02. The number of hydrogen-bond donors (Lipinski definition) is 0. The molecule has 3 nitrogen and oxygen atoms in total. The first kappa shape index (κ1) is 17.4. The van der Waals surface area contributed by atoms with Crippen LogP contribution in [0.5, 0.6) is 0 Å². The molecule has 0 aliphatic heterocycles. The van der Waals surface area contributed by atoms with Gasteiger partial charge in [0.1, 0.15) is 11.3 Å². The van der Waals surface area contributed by atoms with E-state index in [1.807, 2.05) is 20.8 Å². The summed E-state index contributed by atoms with van der Waals surface area (Å²) in [6, 6.07) is 5.77. The molecule has 0 spiro atoms. The quantitative estimate of drug-likeness (QED) is 0.747. The highest BCUT2D eigenvalue weighted by Crippen LogP contribution is 2.39. The fourth-order valence-electron chi connectivity index (χ4n) is 2.72. The predicted octanol–water partition coefficient (Wildman–Crippen LogP) is 4.68. The van der Waals surface area contributed by atoms with Gasteiger partial charge in [-0.3, -0.25) is 0 Å². The first-order chi connectivity index (χ1) is 10.8. The molecule has 2 aromatic rings. The highest BCUT2D eigenvalue weighted by atomic mass is 19.4. The third kappa shape index (κ3) is 3.68. The van der Waals surface area contributed by atoms with Crippen LogP contribution in [0, 0.1) is 5.92 Å². The molecule has 0 aliphatic rings. The molecular formula is C17H20F3NO2. The van der Waals surface area contributed by atoms with Crippen LogP contribution in [-0.4, -0.2) is 13.1 Å². The van der Waals surface area contributed by atoms with E-state index in [1.165, 1.54) is 23.1 Å². The zero-order chi connectivity index (χ0) is 17.2. The van der Waals surface area contributed by atoms with Gasteiger partial charge in [0.25, 0.3) is 0 Å². The summed E-state index contributed by atoms with van der Waals surface area (Å²) >= 11 is 0. The van der Waals surface area contributed by atoms with Crippen LogP contribution in [0.4, 0.5) is 18.9 Å². The molecule has 6 heteroatoms. The Balaban J connectivity index is 2.79. The van der Waals surface area contributed by atoms with Crippen LogP contribution in [0.1, 0.15) is 32.8 Å². The molecule has 0 radical (unpaired) electrons. The van der Waals surface area contributed by atoms with Crippen molar-refractivity contribution in [3.05, 3.63) is 40.2 Å². The van der Waals surface area contributed by atoms with Crippen LogP contribution in [-0.2, 0) is 6.18 Å². The van der Waals surface area contributed by atoms with Crippen LogP contribution in [0.2, 0.25) is 0 Å². The van der Waals surface area contributed by atoms with Crippen LogP contribution in [0.3, 0.4) is 0 Å². The minimum Gasteiger partial charge on any atom is -0.421 e. The van der Waals surface area contributed by atoms with Crippen molar-refractivity contribution in [1.29, 1.82) is 0 Å². The van der Waals surface area contributed by atoms with Crippen molar-refractivity contribution in [3.63, 3.8) is 0 Å². The Morgan fingerprint density at radius 1 is 1.22 bits per heavy atom. The first-order valence-corrected chi connectivity index (χ1v) is 7.63. The van der Waals surface area contributed by atoms with Crippen molar-refractivity contribution in [2.45, 2.75) is 33.4 Å². The molecule has 0 atom stereocenters. The second-order valence-corrected chi connectivity index (χ2v) is 5.95. The number of hydrogen-bond acceptors (Lipinski definition) is 3. The number of fused-ring (bicyclic) bond motifs is 1. The van der Waals surface area contributed by atoms with Gasteiger partial charge in [-0.15, -0.1) is 0 Å². The summed E-state index contributed by atoms with van der Waals surface area (Å²) in [5.74, 6) is 0.119. The third-order valence-electron chi connectivity index (χ3n) is 3.47.